The third-order valence-corrected chi connectivity index (χ3v) is 5.92. The lowest BCUT2D eigenvalue weighted by molar-refractivity contribution is -0.0674. The highest BCUT2D eigenvalue weighted by atomic mass is 16.5. The van der Waals surface area contributed by atoms with Gasteiger partial charge in [-0.3, -0.25) is 4.79 Å². The fraction of sp³-hybridized carbons (Fsp3) is 0.737. The maximum absolute atomic E-state index is 12.5. The molecule has 2 saturated heterocycles. The molecule has 1 spiro atoms. The van der Waals surface area contributed by atoms with Crippen molar-refractivity contribution >= 4 is 5.91 Å². The second kappa shape index (κ2) is 7.38. The van der Waals surface area contributed by atoms with Gasteiger partial charge in [-0.25, -0.2) is 9.97 Å². The minimum absolute atomic E-state index is 0.0583. The highest BCUT2D eigenvalue weighted by Gasteiger charge is 2.46. The van der Waals surface area contributed by atoms with E-state index in [1.165, 1.54) is 12.8 Å². The van der Waals surface area contributed by atoms with Gasteiger partial charge in [0.05, 0.1) is 5.60 Å². The number of ether oxygens (including phenoxy) is 2. The first kappa shape index (κ1) is 16.9. The monoisotopic (exact) mass is 345 g/mol. The predicted octanol–water partition coefficient (Wildman–Crippen LogP) is 2.30. The van der Waals surface area contributed by atoms with Gasteiger partial charge in [-0.05, 0) is 56.4 Å². The highest BCUT2D eigenvalue weighted by Crippen LogP contribution is 2.42. The SMILES string of the molecule is O=C(c1ncccn1)N1CCC2(CC1)OCC[C@@H]2CCOCC1CC1. The van der Waals surface area contributed by atoms with Crippen LogP contribution in [0.25, 0.3) is 0 Å². The lowest BCUT2D eigenvalue weighted by Gasteiger charge is -2.42. The summed E-state index contributed by atoms with van der Waals surface area (Å²) in [5.74, 6) is 1.59. The first-order valence-corrected chi connectivity index (χ1v) is 9.55. The molecule has 3 fully saturated rings. The maximum Gasteiger partial charge on any atom is 0.291 e. The number of carbonyl (C=O) groups excluding carboxylic acids is 1. The van der Waals surface area contributed by atoms with Crippen molar-refractivity contribution in [2.75, 3.05) is 32.9 Å². The lowest BCUT2D eigenvalue weighted by atomic mass is 9.78. The van der Waals surface area contributed by atoms with Crippen LogP contribution in [0.1, 0.15) is 49.1 Å². The summed E-state index contributed by atoms with van der Waals surface area (Å²) in [5.41, 5.74) is -0.0583. The summed E-state index contributed by atoms with van der Waals surface area (Å²) >= 11 is 0. The molecule has 2 aliphatic heterocycles. The molecule has 1 aromatic heterocycles. The van der Waals surface area contributed by atoms with E-state index in [4.69, 9.17) is 9.47 Å². The largest absolute Gasteiger partial charge is 0.381 e. The van der Waals surface area contributed by atoms with Crippen LogP contribution in [0.15, 0.2) is 18.5 Å². The van der Waals surface area contributed by atoms with Crippen LogP contribution in [-0.4, -0.2) is 59.3 Å². The molecule has 0 aromatic carbocycles. The molecular weight excluding hydrogens is 318 g/mol. The van der Waals surface area contributed by atoms with E-state index in [1.807, 2.05) is 4.90 Å². The standard InChI is InChI=1S/C19H27N3O3/c23-18(17-20-8-1-9-21-17)22-10-6-19(7-11-22)16(5-13-25-19)4-12-24-14-15-2-3-15/h1,8-9,15-16H,2-7,10-14H2/t16-/m0/s1. The Morgan fingerprint density at radius 3 is 2.72 bits per heavy atom. The van der Waals surface area contributed by atoms with E-state index in [2.05, 4.69) is 9.97 Å². The second-order valence-corrected chi connectivity index (χ2v) is 7.57. The van der Waals surface area contributed by atoms with Crippen LogP contribution in [0.4, 0.5) is 0 Å². The number of hydrogen-bond donors (Lipinski definition) is 0. The zero-order chi connectivity index (χ0) is 17.1. The Labute approximate surface area is 148 Å². The second-order valence-electron chi connectivity index (χ2n) is 7.57. The molecule has 136 valence electrons. The number of nitrogens with zero attached hydrogens (tertiary/aromatic N) is 3. The minimum Gasteiger partial charge on any atom is -0.381 e. The molecule has 1 amide bonds. The Hall–Kier alpha value is -1.53. The van der Waals surface area contributed by atoms with Crippen molar-refractivity contribution in [1.82, 2.24) is 14.9 Å². The summed E-state index contributed by atoms with van der Waals surface area (Å²) in [5, 5.41) is 0. The Morgan fingerprint density at radius 2 is 2.00 bits per heavy atom. The Kier molecular flexibility index (Phi) is 4.99. The summed E-state index contributed by atoms with van der Waals surface area (Å²) in [6, 6.07) is 1.73. The predicted molar refractivity (Wildman–Crippen MR) is 92.1 cm³/mol. The van der Waals surface area contributed by atoms with Gasteiger partial charge in [0.1, 0.15) is 0 Å². The third-order valence-electron chi connectivity index (χ3n) is 5.92. The van der Waals surface area contributed by atoms with Gasteiger partial charge in [-0.1, -0.05) is 0 Å². The van der Waals surface area contributed by atoms with Gasteiger partial charge in [-0.2, -0.15) is 0 Å². The smallest absolute Gasteiger partial charge is 0.291 e. The number of carbonyl (C=O) groups is 1. The van der Waals surface area contributed by atoms with E-state index in [0.29, 0.717) is 5.92 Å². The minimum atomic E-state index is -0.0715. The van der Waals surface area contributed by atoms with Gasteiger partial charge in [-0.15, -0.1) is 0 Å². The van der Waals surface area contributed by atoms with E-state index in [-0.39, 0.29) is 17.3 Å². The summed E-state index contributed by atoms with van der Waals surface area (Å²) in [7, 11) is 0. The Bertz CT molecular complexity index is 583. The summed E-state index contributed by atoms with van der Waals surface area (Å²) < 4.78 is 12.0. The maximum atomic E-state index is 12.5. The quantitative estimate of drug-likeness (QED) is 0.740. The lowest BCUT2D eigenvalue weighted by Crippen LogP contribution is -2.49. The van der Waals surface area contributed by atoms with E-state index in [9.17, 15) is 4.79 Å². The highest BCUT2D eigenvalue weighted by molar-refractivity contribution is 5.90. The van der Waals surface area contributed by atoms with Crippen molar-refractivity contribution in [2.45, 2.75) is 44.1 Å². The van der Waals surface area contributed by atoms with Crippen molar-refractivity contribution in [3.05, 3.63) is 24.3 Å². The van der Waals surface area contributed by atoms with Gasteiger partial charge in [0.15, 0.2) is 0 Å². The van der Waals surface area contributed by atoms with Crippen LogP contribution in [0.5, 0.6) is 0 Å². The number of amides is 1. The van der Waals surface area contributed by atoms with Crippen LogP contribution in [0.3, 0.4) is 0 Å². The van der Waals surface area contributed by atoms with Crippen LogP contribution in [-0.2, 0) is 9.47 Å². The molecule has 6 nitrogen and oxygen atoms in total. The first-order valence-electron chi connectivity index (χ1n) is 9.55. The molecule has 1 aromatic rings. The topological polar surface area (TPSA) is 64.6 Å². The van der Waals surface area contributed by atoms with E-state index in [1.54, 1.807) is 18.5 Å². The molecule has 0 bridgehead atoms. The van der Waals surface area contributed by atoms with Crippen molar-refractivity contribution in [3.63, 3.8) is 0 Å². The Balaban J connectivity index is 1.29. The van der Waals surface area contributed by atoms with Crippen molar-refractivity contribution in [3.8, 4) is 0 Å². The number of hydrogen-bond acceptors (Lipinski definition) is 5. The Morgan fingerprint density at radius 1 is 1.24 bits per heavy atom. The molecule has 0 radical (unpaired) electrons. The van der Waals surface area contributed by atoms with Crippen LogP contribution < -0.4 is 0 Å². The van der Waals surface area contributed by atoms with Crippen LogP contribution >= 0.6 is 0 Å². The first-order chi connectivity index (χ1) is 12.3. The van der Waals surface area contributed by atoms with E-state index in [0.717, 1.165) is 64.5 Å². The molecule has 1 saturated carbocycles. The molecule has 6 heteroatoms. The molecule has 3 heterocycles. The fourth-order valence-corrected chi connectivity index (χ4v) is 4.14. The third kappa shape index (κ3) is 3.85. The molecule has 0 unspecified atom stereocenters. The average Bonchev–Trinajstić information content (AvgIpc) is 3.41. The molecule has 3 aliphatic rings. The summed E-state index contributed by atoms with van der Waals surface area (Å²) in [6.45, 7) is 4.04. The number of likely N-dealkylation sites (tertiary alicyclic amines) is 1. The molecule has 25 heavy (non-hydrogen) atoms. The molecule has 1 atom stereocenters. The molecule has 1 aliphatic carbocycles. The zero-order valence-corrected chi connectivity index (χ0v) is 14.7. The van der Waals surface area contributed by atoms with Gasteiger partial charge < -0.3 is 14.4 Å². The van der Waals surface area contributed by atoms with Crippen molar-refractivity contribution < 1.29 is 14.3 Å². The van der Waals surface area contributed by atoms with Gasteiger partial charge in [0, 0.05) is 45.3 Å². The fourth-order valence-electron chi connectivity index (χ4n) is 4.14. The van der Waals surface area contributed by atoms with Gasteiger partial charge in [0.2, 0.25) is 5.82 Å². The molecule has 4 rings (SSSR count). The number of rotatable bonds is 6. The van der Waals surface area contributed by atoms with Gasteiger partial charge >= 0.3 is 0 Å². The van der Waals surface area contributed by atoms with E-state index < -0.39 is 0 Å². The van der Waals surface area contributed by atoms with Crippen LogP contribution in [0.2, 0.25) is 0 Å². The van der Waals surface area contributed by atoms with Crippen LogP contribution in [0, 0.1) is 11.8 Å². The molecular formula is C19H27N3O3. The normalized spacial score (nSPS) is 25.4. The summed E-state index contributed by atoms with van der Waals surface area (Å²) in [4.78, 5) is 22.5. The van der Waals surface area contributed by atoms with E-state index >= 15 is 0 Å². The summed E-state index contributed by atoms with van der Waals surface area (Å²) in [6.07, 6.45) is 9.90. The number of aromatic nitrogens is 2. The number of piperidine rings is 1. The zero-order valence-electron chi connectivity index (χ0n) is 14.7. The van der Waals surface area contributed by atoms with Gasteiger partial charge in [0.25, 0.3) is 5.91 Å². The molecule has 0 N–H and O–H groups in total. The van der Waals surface area contributed by atoms with Crippen molar-refractivity contribution in [1.29, 1.82) is 0 Å². The van der Waals surface area contributed by atoms with Crippen molar-refractivity contribution in [2.24, 2.45) is 11.8 Å². The average molecular weight is 345 g/mol.